The predicted octanol–water partition coefficient (Wildman–Crippen LogP) is 3.34. The minimum Gasteiger partial charge on any atom is -0.508 e. The molecule has 1 aliphatic rings. The Kier molecular flexibility index (Phi) is 4.21. The van der Waals surface area contributed by atoms with Gasteiger partial charge < -0.3 is 9.84 Å². The monoisotopic (exact) mass is 303 g/mol. The van der Waals surface area contributed by atoms with Gasteiger partial charge in [0.15, 0.2) is 11.3 Å². The highest BCUT2D eigenvalue weighted by molar-refractivity contribution is 5.64. The first-order valence-electron chi connectivity index (χ1n) is 6.78. The lowest BCUT2D eigenvalue weighted by atomic mass is 9.94. The summed E-state index contributed by atoms with van der Waals surface area (Å²) in [5, 5.41) is 36.7. The number of nitriles is 3. The lowest BCUT2D eigenvalue weighted by Gasteiger charge is -2.20. The summed E-state index contributed by atoms with van der Waals surface area (Å²) in [5.74, 6) is 0.189. The first-order valence-corrected chi connectivity index (χ1v) is 6.78. The second kappa shape index (κ2) is 6.10. The van der Waals surface area contributed by atoms with Crippen molar-refractivity contribution in [1.29, 1.82) is 15.8 Å². The van der Waals surface area contributed by atoms with Crippen LogP contribution >= 0.6 is 0 Å². The molecular formula is C18H13N3O2. The van der Waals surface area contributed by atoms with Crippen molar-refractivity contribution in [3.8, 4) is 24.0 Å². The van der Waals surface area contributed by atoms with Crippen LogP contribution in [0.5, 0.6) is 5.75 Å². The number of allylic oxidation sites excluding steroid dienone is 2. The van der Waals surface area contributed by atoms with E-state index in [0.29, 0.717) is 5.57 Å². The van der Waals surface area contributed by atoms with Crippen LogP contribution in [0.3, 0.4) is 0 Å². The number of ether oxygens (including phenoxy) is 1. The van der Waals surface area contributed by atoms with Crippen LogP contribution in [0.25, 0.3) is 6.08 Å². The van der Waals surface area contributed by atoms with Gasteiger partial charge in [-0.05, 0) is 31.5 Å². The highest BCUT2D eigenvalue weighted by atomic mass is 16.5. The Balaban J connectivity index is 2.53. The molecule has 0 fully saturated rings. The standard InChI is InChI=1S/C18H13N3O2/c1-18(2)16(8-5-12-3-6-14(22)7-4-12)15(11-21)17(23-18)13(9-19)10-20/h3-8,22H,1-2H3. The van der Waals surface area contributed by atoms with Crippen molar-refractivity contribution < 1.29 is 9.84 Å². The van der Waals surface area contributed by atoms with E-state index in [1.807, 2.05) is 6.07 Å². The van der Waals surface area contributed by atoms with Gasteiger partial charge in [-0.1, -0.05) is 24.3 Å². The predicted molar refractivity (Wildman–Crippen MR) is 83.2 cm³/mol. The van der Waals surface area contributed by atoms with Gasteiger partial charge in [0, 0.05) is 5.57 Å². The smallest absolute Gasteiger partial charge is 0.172 e. The zero-order chi connectivity index (χ0) is 17.0. The van der Waals surface area contributed by atoms with E-state index in [-0.39, 0.29) is 22.7 Å². The van der Waals surface area contributed by atoms with Crippen molar-refractivity contribution in [2.24, 2.45) is 0 Å². The lowest BCUT2D eigenvalue weighted by Crippen LogP contribution is -2.20. The van der Waals surface area contributed by atoms with Crippen LogP contribution in [0.15, 0.2) is 52.8 Å². The van der Waals surface area contributed by atoms with Gasteiger partial charge in [0.05, 0.1) is 0 Å². The topological polar surface area (TPSA) is 101 Å². The normalized spacial score (nSPS) is 15.7. The Hall–Kier alpha value is -3.49. The minimum atomic E-state index is -0.827. The molecule has 0 bridgehead atoms. The Bertz CT molecular complexity index is 836. The number of hydrogen-bond donors (Lipinski definition) is 1. The Morgan fingerprint density at radius 1 is 1.09 bits per heavy atom. The number of benzene rings is 1. The third-order valence-electron chi connectivity index (χ3n) is 3.40. The quantitative estimate of drug-likeness (QED) is 0.844. The lowest BCUT2D eigenvalue weighted by molar-refractivity contribution is 0.0954. The molecule has 0 saturated carbocycles. The summed E-state index contributed by atoms with van der Waals surface area (Å²) in [5.41, 5.74) is 0.561. The average Bonchev–Trinajstić information content (AvgIpc) is 2.78. The number of hydrogen-bond acceptors (Lipinski definition) is 5. The molecule has 0 amide bonds. The second-order valence-corrected chi connectivity index (χ2v) is 5.37. The molecular weight excluding hydrogens is 290 g/mol. The van der Waals surface area contributed by atoms with Crippen LogP contribution in [0.4, 0.5) is 0 Å². The fourth-order valence-electron chi connectivity index (χ4n) is 2.25. The summed E-state index contributed by atoms with van der Waals surface area (Å²) in [6.45, 7) is 3.53. The summed E-state index contributed by atoms with van der Waals surface area (Å²) < 4.78 is 5.66. The largest absolute Gasteiger partial charge is 0.508 e. The van der Waals surface area contributed by atoms with Crippen molar-refractivity contribution in [2.75, 3.05) is 0 Å². The zero-order valence-corrected chi connectivity index (χ0v) is 12.7. The van der Waals surface area contributed by atoms with E-state index in [1.54, 1.807) is 62.4 Å². The fraction of sp³-hybridized carbons (Fsp3) is 0.167. The number of aromatic hydroxyl groups is 1. The summed E-state index contributed by atoms with van der Waals surface area (Å²) in [4.78, 5) is 0. The van der Waals surface area contributed by atoms with Crippen LogP contribution in [0, 0.1) is 34.0 Å². The third-order valence-corrected chi connectivity index (χ3v) is 3.40. The zero-order valence-electron chi connectivity index (χ0n) is 12.7. The third kappa shape index (κ3) is 3.07. The van der Waals surface area contributed by atoms with Crippen molar-refractivity contribution in [1.82, 2.24) is 0 Å². The van der Waals surface area contributed by atoms with E-state index in [1.165, 1.54) is 0 Å². The highest BCUT2D eigenvalue weighted by Crippen LogP contribution is 2.40. The maximum atomic E-state index is 9.40. The highest BCUT2D eigenvalue weighted by Gasteiger charge is 2.38. The molecule has 0 aromatic heterocycles. The van der Waals surface area contributed by atoms with Gasteiger partial charge in [-0.2, -0.15) is 15.8 Å². The molecule has 1 heterocycles. The molecule has 1 aromatic carbocycles. The van der Waals surface area contributed by atoms with E-state index >= 15 is 0 Å². The van der Waals surface area contributed by atoms with Crippen molar-refractivity contribution in [3.05, 3.63) is 58.4 Å². The maximum Gasteiger partial charge on any atom is 0.172 e. The molecule has 2 rings (SSSR count). The molecule has 0 saturated heterocycles. The number of phenolic OH excluding ortho intramolecular Hbond substituents is 1. The molecule has 23 heavy (non-hydrogen) atoms. The Morgan fingerprint density at radius 2 is 1.70 bits per heavy atom. The summed E-state index contributed by atoms with van der Waals surface area (Å²) in [6.07, 6.45) is 3.50. The Morgan fingerprint density at radius 3 is 2.22 bits per heavy atom. The molecule has 0 spiro atoms. The molecule has 0 radical (unpaired) electrons. The van der Waals surface area contributed by atoms with E-state index in [9.17, 15) is 10.4 Å². The average molecular weight is 303 g/mol. The SMILES string of the molecule is CC1(C)OC(=C(C#N)C#N)C(C#N)=C1C=Cc1ccc(O)cc1. The molecule has 1 aromatic rings. The van der Waals surface area contributed by atoms with Crippen molar-refractivity contribution >= 4 is 6.08 Å². The number of phenols is 1. The molecule has 0 aliphatic carbocycles. The first kappa shape index (κ1) is 15.9. The molecule has 0 unspecified atom stereocenters. The number of nitrogens with zero attached hydrogens (tertiary/aromatic N) is 3. The van der Waals surface area contributed by atoms with Crippen molar-refractivity contribution in [2.45, 2.75) is 19.4 Å². The maximum absolute atomic E-state index is 9.40. The summed E-state index contributed by atoms with van der Waals surface area (Å²) in [6, 6.07) is 12.1. The van der Waals surface area contributed by atoms with Gasteiger partial charge in [-0.15, -0.1) is 0 Å². The minimum absolute atomic E-state index is 0.0212. The van der Waals surface area contributed by atoms with Crippen molar-refractivity contribution in [3.63, 3.8) is 0 Å². The van der Waals surface area contributed by atoms with Gasteiger partial charge in [-0.3, -0.25) is 0 Å². The molecule has 0 atom stereocenters. The molecule has 1 aliphatic heterocycles. The van der Waals surface area contributed by atoms with Gasteiger partial charge in [-0.25, -0.2) is 0 Å². The van der Waals surface area contributed by atoms with Crippen LogP contribution in [0.2, 0.25) is 0 Å². The van der Waals surface area contributed by atoms with Gasteiger partial charge in [0.25, 0.3) is 0 Å². The molecule has 5 nitrogen and oxygen atoms in total. The molecule has 1 N–H and O–H groups in total. The van der Waals surface area contributed by atoms with Gasteiger partial charge in [0.1, 0.15) is 35.1 Å². The van der Waals surface area contributed by atoms with Gasteiger partial charge in [0.2, 0.25) is 0 Å². The van der Waals surface area contributed by atoms with E-state index < -0.39 is 5.60 Å². The van der Waals surface area contributed by atoms with Crippen LogP contribution < -0.4 is 0 Å². The fourth-order valence-corrected chi connectivity index (χ4v) is 2.25. The van der Waals surface area contributed by atoms with Crippen LogP contribution in [-0.4, -0.2) is 10.7 Å². The van der Waals surface area contributed by atoms with Gasteiger partial charge >= 0.3 is 0 Å². The van der Waals surface area contributed by atoms with Crippen LogP contribution in [0.1, 0.15) is 19.4 Å². The van der Waals surface area contributed by atoms with Crippen LogP contribution in [-0.2, 0) is 4.74 Å². The molecule has 5 heteroatoms. The molecule has 112 valence electrons. The Labute approximate surface area is 134 Å². The summed E-state index contributed by atoms with van der Waals surface area (Å²) in [7, 11) is 0. The van der Waals surface area contributed by atoms with E-state index in [4.69, 9.17) is 15.3 Å². The van der Waals surface area contributed by atoms with E-state index in [2.05, 4.69) is 0 Å². The summed E-state index contributed by atoms with van der Waals surface area (Å²) >= 11 is 0. The first-order chi connectivity index (χ1) is 10.9. The second-order valence-electron chi connectivity index (χ2n) is 5.37. The number of rotatable bonds is 2. The van der Waals surface area contributed by atoms with E-state index in [0.717, 1.165) is 5.56 Å².